The van der Waals surface area contributed by atoms with Crippen molar-refractivity contribution in [3.05, 3.63) is 58.3 Å². The first-order valence-corrected chi connectivity index (χ1v) is 6.97. The molecule has 0 saturated carbocycles. The molecule has 0 saturated heterocycles. The van der Waals surface area contributed by atoms with Crippen LogP contribution in [0.1, 0.15) is 18.0 Å². The van der Waals surface area contributed by atoms with Crippen LogP contribution < -0.4 is 10.1 Å². The topological polar surface area (TPSA) is 21.3 Å². The van der Waals surface area contributed by atoms with Gasteiger partial charge in [-0.2, -0.15) is 0 Å². The summed E-state index contributed by atoms with van der Waals surface area (Å²) in [5, 5.41) is 3.27. The van der Waals surface area contributed by atoms with Crippen LogP contribution in [0.4, 0.5) is 10.1 Å². The molecule has 4 heteroatoms. The lowest BCUT2D eigenvalue weighted by atomic mass is 10.0. The summed E-state index contributed by atoms with van der Waals surface area (Å²) >= 11 is 3.38. The summed E-state index contributed by atoms with van der Waals surface area (Å²) in [6.45, 7) is 0.640. The zero-order valence-corrected chi connectivity index (χ0v) is 11.8. The molecule has 1 unspecified atom stereocenters. The van der Waals surface area contributed by atoms with E-state index in [1.165, 1.54) is 6.07 Å². The van der Waals surface area contributed by atoms with E-state index in [9.17, 15) is 4.39 Å². The lowest BCUT2D eigenvalue weighted by Gasteiger charge is -2.28. The number of fused-ring (bicyclic) bond motifs is 1. The number of para-hydroxylation sites is 2. The van der Waals surface area contributed by atoms with E-state index in [1.54, 1.807) is 6.07 Å². The third kappa shape index (κ3) is 2.45. The molecule has 0 spiro atoms. The predicted octanol–water partition coefficient (Wildman–Crippen LogP) is 4.52. The predicted molar refractivity (Wildman–Crippen MR) is 77.0 cm³/mol. The zero-order valence-electron chi connectivity index (χ0n) is 10.2. The third-order valence-corrected chi connectivity index (χ3v) is 3.90. The lowest BCUT2D eigenvalue weighted by molar-refractivity contribution is 0.274. The normalized spacial score (nSPS) is 17.5. The first kappa shape index (κ1) is 12.5. The molecule has 0 bridgehead atoms. The highest BCUT2D eigenvalue weighted by Gasteiger charge is 2.22. The Bertz CT molecular complexity index is 582. The molecule has 0 radical (unpaired) electrons. The zero-order chi connectivity index (χ0) is 13.2. The van der Waals surface area contributed by atoms with Gasteiger partial charge in [0.2, 0.25) is 0 Å². The molecule has 0 fully saturated rings. The van der Waals surface area contributed by atoms with Crippen molar-refractivity contribution in [3.63, 3.8) is 0 Å². The summed E-state index contributed by atoms with van der Waals surface area (Å²) in [6.07, 6.45) is 0.817. The fourth-order valence-electron chi connectivity index (χ4n) is 2.30. The maximum Gasteiger partial charge on any atom is 0.147 e. The number of rotatable bonds is 2. The molecule has 1 heterocycles. The van der Waals surface area contributed by atoms with E-state index in [0.29, 0.717) is 12.3 Å². The van der Waals surface area contributed by atoms with E-state index < -0.39 is 0 Å². The van der Waals surface area contributed by atoms with Crippen molar-refractivity contribution in [1.82, 2.24) is 0 Å². The molecule has 0 aliphatic carbocycles. The van der Waals surface area contributed by atoms with Gasteiger partial charge in [0.1, 0.15) is 11.6 Å². The van der Waals surface area contributed by atoms with Crippen molar-refractivity contribution in [2.45, 2.75) is 12.5 Å². The second-order valence-corrected chi connectivity index (χ2v) is 5.32. The monoisotopic (exact) mass is 321 g/mol. The molecule has 1 atom stereocenters. The van der Waals surface area contributed by atoms with Crippen molar-refractivity contribution in [3.8, 4) is 5.75 Å². The quantitative estimate of drug-likeness (QED) is 0.877. The first-order valence-electron chi connectivity index (χ1n) is 6.18. The smallest absolute Gasteiger partial charge is 0.147 e. The third-order valence-electron chi connectivity index (χ3n) is 3.24. The Kier molecular flexibility index (Phi) is 3.42. The summed E-state index contributed by atoms with van der Waals surface area (Å²) in [5.74, 6) is 0.622. The summed E-state index contributed by atoms with van der Waals surface area (Å²) in [6, 6.07) is 12.9. The molecule has 1 aliphatic heterocycles. The van der Waals surface area contributed by atoms with Crippen LogP contribution >= 0.6 is 15.9 Å². The Morgan fingerprint density at radius 3 is 2.84 bits per heavy atom. The molecule has 3 rings (SSSR count). The van der Waals surface area contributed by atoms with Crippen molar-refractivity contribution < 1.29 is 9.13 Å². The van der Waals surface area contributed by atoms with Crippen LogP contribution in [0.5, 0.6) is 5.75 Å². The number of anilines is 1. The summed E-state index contributed by atoms with van der Waals surface area (Å²) in [4.78, 5) is 0. The highest BCUT2D eigenvalue weighted by Crippen LogP contribution is 2.36. The Labute approximate surface area is 119 Å². The lowest BCUT2D eigenvalue weighted by Crippen LogP contribution is -2.20. The van der Waals surface area contributed by atoms with Gasteiger partial charge >= 0.3 is 0 Å². The van der Waals surface area contributed by atoms with Crippen LogP contribution in [0.2, 0.25) is 0 Å². The van der Waals surface area contributed by atoms with Crippen LogP contribution in [0.15, 0.2) is 46.9 Å². The molecular formula is C15H13BrFNO. The summed E-state index contributed by atoms with van der Waals surface area (Å²) in [5.41, 5.74) is 1.58. The molecule has 0 aromatic heterocycles. The molecular weight excluding hydrogens is 309 g/mol. The van der Waals surface area contributed by atoms with Gasteiger partial charge in [-0.05, 0) is 34.1 Å². The first-order chi connectivity index (χ1) is 9.25. The highest BCUT2D eigenvalue weighted by molar-refractivity contribution is 9.10. The highest BCUT2D eigenvalue weighted by atomic mass is 79.9. The standard InChI is InChI=1S/C15H13BrFNO/c16-11-5-3-6-12(17)15(11)18-13-8-9-19-14-7-2-1-4-10(13)14/h1-7,13,18H,8-9H2. The van der Waals surface area contributed by atoms with E-state index in [2.05, 4.69) is 21.2 Å². The molecule has 2 aromatic carbocycles. The number of ether oxygens (including phenoxy) is 1. The molecule has 1 aliphatic rings. The van der Waals surface area contributed by atoms with Gasteiger partial charge in [0.05, 0.1) is 18.3 Å². The van der Waals surface area contributed by atoms with Crippen molar-refractivity contribution in [1.29, 1.82) is 0 Å². The molecule has 2 nitrogen and oxygen atoms in total. The van der Waals surface area contributed by atoms with E-state index in [4.69, 9.17) is 4.74 Å². The Balaban J connectivity index is 1.93. The minimum atomic E-state index is -0.252. The van der Waals surface area contributed by atoms with Gasteiger partial charge in [0, 0.05) is 16.5 Å². The number of hydrogen-bond acceptors (Lipinski definition) is 2. The van der Waals surface area contributed by atoms with Crippen molar-refractivity contribution >= 4 is 21.6 Å². The van der Waals surface area contributed by atoms with Gasteiger partial charge in [0.15, 0.2) is 0 Å². The number of nitrogens with one attached hydrogen (secondary N) is 1. The van der Waals surface area contributed by atoms with Crippen molar-refractivity contribution in [2.75, 3.05) is 11.9 Å². The number of halogens is 2. The Hall–Kier alpha value is -1.55. The van der Waals surface area contributed by atoms with Crippen LogP contribution in [0, 0.1) is 5.82 Å². The molecule has 0 amide bonds. The van der Waals surface area contributed by atoms with E-state index >= 15 is 0 Å². The van der Waals surface area contributed by atoms with Gasteiger partial charge in [-0.15, -0.1) is 0 Å². The van der Waals surface area contributed by atoms with Gasteiger partial charge in [-0.1, -0.05) is 24.3 Å². The minimum absolute atomic E-state index is 0.0677. The Morgan fingerprint density at radius 1 is 1.16 bits per heavy atom. The molecule has 19 heavy (non-hydrogen) atoms. The average Bonchev–Trinajstić information content (AvgIpc) is 2.43. The fraction of sp³-hybridized carbons (Fsp3) is 0.200. The minimum Gasteiger partial charge on any atom is -0.493 e. The van der Waals surface area contributed by atoms with Gasteiger partial charge in [-0.25, -0.2) is 4.39 Å². The summed E-state index contributed by atoms with van der Waals surface area (Å²) in [7, 11) is 0. The second-order valence-electron chi connectivity index (χ2n) is 4.47. The SMILES string of the molecule is Fc1cccc(Br)c1NC1CCOc2ccccc21. The number of benzene rings is 2. The van der Waals surface area contributed by atoms with Crippen LogP contribution in [-0.4, -0.2) is 6.61 Å². The molecule has 2 aromatic rings. The average molecular weight is 322 g/mol. The van der Waals surface area contributed by atoms with Crippen LogP contribution in [0.3, 0.4) is 0 Å². The van der Waals surface area contributed by atoms with Gasteiger partial charge < -0.3 is 10.1 Å². The van der Waals surface area contributed by atoms with Crippen LogP contribution in [-0.2, 0) is 0 Å². The molecule has 98 valence electrons. The van der Waals surface area contributed by atoms with E-state index in [0.717, 1.165) is 22.2 Å². The summed E-state index contributed by atoms with van der Waals surface area (Å²) < 4.78 is 20.2. The van der Waals surface area contributed by atoms with Crippen molar-refractivity contribution in [2.24, 2.45) is 0 Å². The largest absolute Gasteiger partial charge is 0.493 e. The number of hydrogen-bond donors (Lipinski definition) is 1. The fourth-order valence-corrected chi connectivity index (χ4v) is 2.76. The molecule has 1 N–H and O–H groups in total. The maximum atomic E-state index is 13.9. The van der Waals surface area contributed by atoms with E-state index in [-0.39, 0.29) is 11.9 Å². The second kappa shape index (κ2) is 5.21. The Morgan fingerprint density at radius 2 is 2.00 bits per heavy atom. The maximum absolute atomic E-state index is 13.9. The van der Waals surface area contributed by atoms with E-state index in [1.807, 2.05) is 30.3 Å². The van der Waals surface area contributed by atoms with Gasteiger partial charge in [-0.3, -0.25) is 0 Å². The van der Waals surface area contributed by atoms with Crippen LogP contribution in [0.25, 0.3) is 0 Å². The van der Waals surface area contributed by atoms with Gasteiger partial charge in [0.25, 0.3) is 0 Å².